The molecular formula is C87H97N25O2. The van der Waals surface area contributed by atoms with E-state index >= 15 is 0 Å². The van der Waals surface area contributed by atoms with Crippen LogP contribution in [0.2, 0.25) is 0 Å². The molecule has 0 unspecified atom stereocenters. The number of nitrogens with one attached hydrogen (secondary N) is 1. The summed E-state index contributed by atoms with van der Waals surface area (Å²) in [6.45, 7) is 20.9. The van der Waals surface area contributed by atoms with Crippen molar-refractivity contribution in [2.24, 2.45) is 0 Å². The van der Waals surface area contributed by atoms with Crippen LogP contribution in [0.15, 0.2) is 220 Å². The van der Waals surface area contributed by atoms with E-state index < -0.39 is 0 Å². The summed E-state index contributed by atoms with van der Waals surface area (Å²) in [5.41, 5.74) is 14.5. The number of nitrogens with zero attached hydrogens (tertiary/aromatic N) is 24. The van der Waals surface area contributed by atoms with Gasteiger partial charge in [-0.15, -0.1) is 0 Å². The number of piperazine rings is 4. The lowest BCUT2D eigenvalue weighted by Crippen LogP contribution is -2.47. The van der Waals surface area contributed by atoms with Crippen molar-refractivity contribution in [3.63, 3.8) is 0 Å². The molecule has 18 rings (SSSR count). The predicted octanol–water partition coefficient (Wildman–Crippen LogP) is 8.59. The minimum atomic E-state index is 0.677. The maximum atomic E-state index is 5.49. The van der Waals surface area contributed by atoms with Gasteiger partial charge in [0.1, 0.15) is 36.5 Å². The lowest BCUT2D eigenvalue weighted by atomic mass is 10.1. The van der Waals surface area contributed by atoms with Gasteiger partial charge in [-0.05, 0) is 86.5 Å². The molecule has 12 aromatic rings. The summed E-state index contributed by atoms with van der Waals surface area (Å²) >= 11 is 0. The van der Waals surface area contributed by atoms with Gasteiger partial charge in [0.05, 0.1) is 26.4 Å². The Bertz CT molecular complexity index is 4700. The summed E-state index contributed by atoms with van der Waals surface area (Å²) in [6, 6.07) is 57.3. The summed E-state index contributed by atoms with van der Waals surface area (Å²) in [4.78, 5) is 89.4. The van der Waals surface area contributed by atoms with Crippen molar-refractivity contribution >= 4 is 52.8 Å². The molecule has 6 aromatic heterocycles. The first-order valence-corrected chi connectivity index (χ1v) is 39.9. The monoisotopic (exact) mass is 1520 g/mol. The number of anilines is 9. The molecule has 582 valence electrons. The van der Waals surface area contributed by atoms with E-state index in [1.54, 1.807) is 19.0 Å². The normalized spacial score (nSPS) is 16.1. The largest absolute Gasteiger partial charge is 0.378 e. The lowest BCUT2D eigenvalue weighted by molar-refractivity contribution is 0.122. The smallest absolute Gasteiger partial charge is 0.228 e. The van der Waals surface area contributed by atoms with Crippen LogP contribution < -0.4 is 49.4 Å². The number of aromatic nitrogens is 15. The number of hydrogen-bond donors (Lipinski definition) is 1. The molecule has 1 N–H and O–H groups in total. The van der Waals surface area contributed by atoms with E-state index in [-0.39, 0.29) is 0 Å². The van der Waals surface area contributed by atoms with Gasteiger partial charge in [0.25, 0.3) is 0 Å². The Morgan fingerprint density at radius 3 is 0.860 bits per heavy atom. The minimum Gasteiger partial charge on any atom is -0.378 e. The molecule has 0 saturated carbocycles. The van der Waals surface area contributed by atoms with Gasteiger partial charge in [-0.3, -0.25) is 0 Å². The van der Waals surface area contributed by atoms with Crippen molar-refractivity contribution in [1.29, 1.82) is 0 Å². The standard InChI is InChI=1S/C29H33N9.2C29H32N8O/c1-2-4-23(5-3-1)18-25-20-31-28(32-21-25)37-14-16-38(17-15-37)29-34-22-33-27(35-29)19-24-6-8-26(9-7-24)36-12-10-30-11-13-36;1-2-5-23(6-3-1)17-25-20-30-28(31-21-25)36-9-11-37(12-10-36)29-33-22-32-27(34-29)19-24-7-4-8-26(18-24)35-13-15-38-16-14-35;1-2-4-23(5-3-1)18-25-20-30-28(31-21-25)36-10-12-37(13-11-36)29-33-22-32-27(34-29)19-24-6-8-26(9-7-24)35-14-16-38-17-15-35/h1-9,20-22,30H,10-19H2;1-8,18,20-22H,9-17,19H2;1-9,20-22H,10-19H2. The van der Waals surface area contributed by atoms with Crippen LogP contribution in [-0.4, -0.2) is 232 Å². The van der Waals surface area contributed by atoms with Gasteiger partial charge >= 0.3 is 0 Å². The molecule has 0 aliphatic carbocycles. The van der Waals surface area contributed by atoms with Crippen molar-refractivity contribution < 1.29 is 9.47 Å². The molecule has 27 heteroatoms. The van der Waals surface area contributed by atoms with E-state index in [9.17, 15) is 0 Å². The average Bonchev–Trinajstić information content (AvgIpc) is 0.723. The highest BCUT2D eigenvalue weighted by Gasteiger charge is 2.26. The fraction of sp³-hybridized carbons (Fsp3) is 0.345. The highest BCUT2D eigenvalue weighted by atomic mass is 16.5. The third kappa shape index (κ3) is 20.9. The lowest BCUT2D eigenvalue weighted by Gasteiger charge is -2.34. The Kier molecular flexibility index (Phi) is 25.4. The SMILES string of the molecule is c1ccc(Cc2cnc(N3CCN(c4ncnc(Cc5ccc(N6CCNCC6)cc5)n4)CC3)nc2)cc1.c1ccc(Cc2cnc(N3CCN(c4ncnc(Cc5ccc(N6CCOCC6)cc5)n4)CC3)nc2)cc1.c1ccc(Cc2cnc(N3CCN(c4ncnc(Cc5cccc(N6CCOCC6)c5)n4)CC3)nc2)cc1. The molecule has 6 saturated heterocycles. The van der Waals surface area contributed by atoms with Gasteiger partial charge in [-0.2, -0.15) is 15.0 Å². The van der Waals surface area contributed by atoms with Crippen LogP contribution in [0.25, 0.3) is 0 Å². The van der Waals surface area contributed by atoms with E-state index in [2.05, 4.69) is 255 Å². The first-order chi connectivity index (χ1) is 56.4. The molecule has 114 heavy (non-hydrogen) atoms. The molecule has 0 amide bonds. The van der Waals surface area contributed by atoms with E-state index in [1.165, 1.54) is 50.4 Å². The Labute approximate surface area is 666 Å². The van der Waals surface area contributed by atoms with E-state index in [0.717, 1.165) is 246 Å². The van der Waals surface area contributed by atoms with Gasteiger partial charge in [-0.25, -0.2) is 59.8 Å². The number of ether oxygens (including phenoxy) is 2. The van der Waals surface area contributed by atoms with Gasteiger partial charge in [0.15, 0.2) is 0 Å². The summed E-state index contributed by atoms with van der Waals surface area (Å²) in [7, 11) is 0. The molecule has 27 nitrogen and oxygen atoms in total. The van der Waals surface area contributed by atoms with Crippen LogP contribution in [0, 0.1) is 0 Å². The molecule has 6 aliphatic heterocycles. The van der Waals surface area contributed by atoms with Gasteiger partial charge < -0.3 is 58.9 Å². The molecule has 6 fully saturated rings. The fourth-order valence-corrected chi connectivity index (χ4v) is 14.9. The minimum absolute atomic E-state index is 0.677. The second-order valence-electron chi connectivity index (χ2n) is 29.2. The zero-order valence-corrected chi connectivity index (χ0v) is 64.5. The van der Waals surface area contributed by atoms with Crippen LogP contribution in [0.4, 0.5) is 52.8 Å². The Morgan fingerprint density at radius 2 is 0.518 bits per heavy atom. The first-order valence-electron chi connectivity index (χ1n) is 39.9. The van der Waals surface area contributed by atoms with Gasteiger partial charge in [-0.1, -0.05) is 127 Å². The third-order valence-electron chi connectivity index (χ3n) is 21.3. The van der Waals surface area contributed by atoms with Crippen molar-refractivity contribution in [2.75, 3.05) is 201 Å². The summed E-state index contributed by atoms with van der Waals surface area (Å²) in [5, 5.41) is 3.40. The number of morpholine rings is 2. The van der Waals surface area contributed by atoms with Crippen LogP contribution in [0.5, 0.6) is 0 Å². The zero-order chi connectivity index (χ0) is 76.7. The van der Waals surface area contributed by atoms with E-state index in [4.69, 9.17) is 24.4 Å². The van der Waals surface area contributed by atoms with Gasteiger partial charge in [0.2, 0.25) is 35.7 Å². The molecule has 0 bridgehead atoms. The van der Waals surface area contributed by atoms with Crippen molar-refractivity contribution in [3.05, 3.63) is 287 Å². The van der Waals surface area contributed by atoms with Crippen LogP contribution in [0.3, 0.4) is 0 Å². The van der Waals surface area contributed by atoms with Crippen molar-refractivity contribution in [1.82, 2.24) is 80.1 Å². The van der Waals surface area contributed by atoms with Crippen LogP contribution in [0.1, 0.15) is 67.5 Å². The maximum absolute atomic E-state index is 5.49. The van der Waals surface area contributed by atoms with E-state index in [1.807, 2.05) is 55.4 Å². The second-order valence-corrected chi connectivity index (χ2v) is 29.2. The topological polar surface area (TPSA) is 253 Å². The van der Waals surface area contributed by atoms with Gasteiger partial charge in [0, 0.05) is 224 Å². The predicted molar refractivity (Wildman–Crippen MR) is 445 cm³/mol. The summed E-state index contributed by atoms with van der Waals surface area (Å²) in [6.07, 6.45) is 21.1. The molecular weight excluding hydrogens is 1430 g/mol. The highest BCUT2D eigenvalue weighted by molar-refractivity contribution is 5.52. The molecule has 0 radical (unpaired) electrons. The molecule has 12 heterocycles. The average molecular weight is 1520 g/mol. The van der Waals surface area contributed by atoms with Crippen LogP contribution >= 0.6 is 0 Å². The Morgan fingerprint density at radius 1 is 0.228 bits per heavy atom. The Hall–Kier alpha value is -12.3. The zero-order valence-electron chi connectivity index (χ0n) is 64.5. The molecule has 0 spiro atoms. The molecule has 0 atom stereocenters. The second kappa shape index (κ2) is 38.3. The quantitative estimate of drug-likeness (QED) is 0.0706. The van der Waals surface area contributed by atoms with Crippen molar-refractivity contribution in [3.8, 4) is 0 Å². The highest BCUT2D eigenvalue weighted by Crippen LogP contribution is 2.26. The van der Waals surface area contributed by atoms with Crippen molar-refractivity contribution in [2.45, 2.75) is 38.5 Å². The third-order valence-corrected chi connectivity index (χ3v) is 21.3. The molecule has 6 aliphatic rings. The van der Waals surface area contributed by atoms with Crippen LogP contribution in [-0.2, 0) is 48.0 Å². The van der Waals surface area contributed by atoms with E-state index in [0.29, 0.717) is 19.3 Å². The number of hydrogen-bond acceptors (Lipinski definition) is 27. The first kappa shape index (κ1) is 75.7. The summed E-state index contributed by atoms with van der Waals surface area (Å²) in [5.74, 6) is 6.91. The summed E-state index contributed by atoms with van der Waals surface area (Å²) < 4.78 is 10.9. The number of rotatable bonds is 21. The fourth-order valence-electron chi connectivity index (χ4n) is 14.9. The molecule has 6 aromatic carbocycles. The number of benzene rings is 6. The Balaban J connectivity index is 0.000000129. The maximum Gasteiger partial charge on any atom is 0.228 e.